The first-order chi connectivity index (χ1) is 7.99. The highest BCUT2D eigenvalue weighted by Gasteiger charge is 2.46. The summed E-state index contributed by atoms with van der Waals surface area (Å²) in [6.07, 6.45) is -4.40. The van der Waals surface area contributed by atoms with E-state index in [-0.39, 0.29) is 6.61 Å². The second-order valence-electron chi connectivity index (χ2n) is 3.45. The lowest BCUT2D eigenvalue weighted by atomic mass is 10.3. The normalized spacial score (nSPS) is 16.9. The van der Waals surface area contributed by atoms with Gasteiger partial charge in [0.05, 0.1) is 0 Å². The molecule has 17 heavy (non-hydrogen) atoms. The van der Waals surface area contributed by atoms with Gasteiger partial charge in [0, 0.05) is 0 Å². The zero-order chi connectivity index (χ0) is 12.4. The molecule has 0 bridgehead atoms. The molecular formula is C10H9F3N2O2. The minimum atomic E-state index is -4.40. The molecule has 1 aliphatic heterocycles. The second-order valence-corrected chi connectivity index (χ2v) is 3.45. The first-order valence-corrected chi connectivity index (χ1v) is 4.82. The average Bonchev–Trinajstić information content (AvgIpc) is 3.05. The molecule has 0 aromatic heterocycles. The largest absolute Gasteiger partial charge is 0.486 e. The molecule has 0 N–H and O–H groups in total. The molecular weight excluding hydrogens is 237 g/mol. The maximum Gasteiger partial charge on any atom is 0.411 e. The van der Waals surface area contributed by atoms with E-state index >= 15 is 0 Å². The molecule has 1 aliphatic rings. The maximum atomic E-state index is 11.9. The number of hydrogen-bond donors (Lipinski definition) is 0. The van der Waals surface area contributed by atoms with Gasteiger partial charge in [0.15, 0.2) is 6.61 Å². The lowest BCUT2D eigenvalue weighted by Gasteiger charge is -2.14. The Hall–Kier alpha value is -1.63. The van der Waals surface area contributed by atoms with E-state index in [9.17, 15) is 13.2 Å². The molecule has 0 unspecified atom stereocenters. The Bertz CT molecular complexity index is 400. The summed E-state index contributed by atoms with van der Waals surface area (Å²) in [6.45, 7) is -1.55. The molecule has 92 valence electrons. The molecule has 2 rings (SSSR count). The van der Waals surface area contributed by atoms with Crippen molar-refractivity contribution in [2.45, 2.75) is 12.0 Å². The van der Waals surface area contributed by atoms with Crippen LogP contribution in [0.4, 0.5) is 13.2 Å². The van der Waals surface area contributed by atoms with Gasteiger partial charge < -0.3 is 9.47 Å². The zero-order valence-electron chi connectivity index (χ0n) is 8.65. The van der Waals surface area contributed by atoms with Crippen molar-refractivity contribution in [1.29, 1.82) is 0 Å². The number of halogens is 3. The summed E-state index contributed by atoms with van der Waals surface area (Å²) >= 11 is 0. The number of benzene rings is 1. The van der Waals surface area contributed by atoms with Crippen LogP contribution in [0.2, 0.25) is 0 Å². The third kappa shape index (κ3) is 3.70. The van der Waals surface area contributed by atoms with Crippen LogP contribution in [0.5, 0.6) is 5.75 Å². The first-order valence-electron chi connectivity index (χ1n) is 4.82. The number of alkyl halides is 3. The zero-order valence-corrected chi connectivity index (χ0v) is 8.65. The lowest BCUT2D eigenvalue weighted by Crippen LogP contribution is -2.30. The highest BCUT2D eigenvalue weighted by Crippen LogP contribution is 2.32. The van der Waals surface area contributed by atoms with Crippen molar-refractivity contribution in [3.8, 4) is 5.75 Å². The fourth-order valence-corrected chi connectivity index (χ4v) is 1.10. The maximum absolute atomic E-state index is 11.9. The molecule has 0 radical (unpaired) electrons. The lowest BCUT2D eigenvalue weighted by molar-refractivity contribution is -0.195. The Labute approximate surface area is 95.1 Å². The van der Waals surface area contributed by atoms with Crippen molar-refractivity contribution in [2.75, 3.05) is 13.2 Å². The van der Waals surface area contributed by atoms with Crippen LogP contribution in [-0.4, -0.2) is 25.2 Å². The van der Waals surface area contributed by atoms with E-state index in [1.807, 2.05) is 0 Å². The summed E-state index contributed by atoms with van der Waals surface area (Å²) in [5.41, 5.74) is 0. The molecule has 0 atom stereocenters. The molecule has 0 aliphatic carbocycles. The SMILES string of the molecule is FC(F)(F)COC1(COc2ccccc2)N=N1. The number of hydrogen-bond acceptors (Lipinski definition) is 4. The van der Waals surface area contributed by atoms with Crippen molar-refractivity contribution in [2.24, 2.45) is 10.2 Å². The van der Waals surface area contributed by atoms with Crippen molar-refractivity contribution >= 4 is 0 Å². The summed E-state index contributed by atoms with van der Waals surface area (Å²) in [5, 5.41) is 6.86. The number of para-hydroxylation sites is 1. The van der Waals surface area contributed by atoms with E-state index < -0.39 is 18.6 Å². The fraction of sp³-hybridized carbons (Fsp3) is 0.400. The standard InChI is InChI=1S/C10H9F3N2O2/c11-9(12,13)6-17-10(14-15-10)7-16-8-4-2-1-3-5-8/h1-5H,6-7H2. The quantitative estimate of drug-likeness (QED) is 0.801. The molecule has 0 saturated carbocycles. The minimum absolute atomic E-state index is 0.160. The summed E-state index contributed by atoms with van der Waals surface area (Å²) in [4.78, 5) is 0. The highest BCUT2D eigenvalue weighted by molar-refractivity contribution is 5.21. The van der Waals surface area contributed by atoms with Crippen molar-refractivity contribution < 1.29 is 22.6 Å². The molecule has 1 aromatic carbocycles. The molecule has 1 aromatic rings. The topological polar surface area (TPSA) is 43.2 Å². The first kappa shape index (κ1) is 11.8. The van der Waals surface area contributed by atoms with Gasteiger partial charge in [0.2, 0.25) is 0 Å². The van der Waals surface area contributed by atoms with E-state index in [0.29, 0.717) is 5.75 Å². The molecule has 0 spiro atoms. The van der Waals surface area contributed by atoms with Crippen molar-refractivity contribution in [3.05, 3.63) is 30.3 Å². The minimum Gasteiger partial charge on any atom is -0.486 e. The summed E-state index contributed by atoms with van der Waals surface area (Å²) < 4.78 is 45.5. The fourth-order valence-electron chi connectivity index (χ4n) is 1.10. The van der Waals surface area contributed by atoms with Gasteiger partial charge in [-0.2, -0.15) is 13.2 Å². The van der Waals surface area contributed by atoms with Crippen LogP contribution in [0.3, 0.4) is 0 Å². The third-order valence-corrected chi connectivity index (χ3v) is 1.96. The van der Waals surface area contributed by atoms with E-state index in [0.717, 1.165) is 0 Å². The van der Waals surface area contributed by atoms with Gasteiger partial charge in [-0.05, 0) is 12.1 Å². The molecule has 7 heteroatoms. The Morgan fingerprint density at radius 1 is 1.12 bits per heavy atom. The molecule has 0 amide bonds. The molecule has 4 nitrogen and oxygen atoms in total. The molecule has 0 fully saturated rings. The van der Waals surface area contributed by atoms with Gasteiger partial charge in [0.25, 0.3) is 0 Å². The summed E-state index contributed by atoms with van der Waals surface area (Å²) in [6, 6.07) is 8.66. The van der Waals surface area contributed by atoms with Crippen LogP contribution in [0.15, 0.2) is 40.6 Å². The summed E-state index contributed by atoms with van der Waals surface area (Å²) in [5.74, 6) is -0.953. The smallest absolute Gasteiger partial charge is 0.411 e. The van der Waals surface area contributed by atoms with Gasteiger partial charge in [-0.3, -0.25) is 0 Å². The number of ether oxygens (including phenoxy) is 2. The molecule has 0 saturated heterocycles. The van der Waals surface area contributed by atoms with E-state index in [4.69, 9.17) is 4.74 Å². The summed E-state index contributed by atoms with van der Waals surface area (Å²) in [7, 11) is 0. The van der Waals surface area contributed by atoms with Crippen LogP contribution in [0, 0.1) is 0 Å². The third-order valence-electron chi connectivity index (χ3n) is 1.96. The second kappa shape index (κ2) is 4.33. The Kier molecular flexibility index (Phi) is 3.01. The van der Waals surface area contributed by atoms with Crippen LogP contribution >= 0.6 is 0 Å². The predicted octanol–water partition coefficient (Wildman–Crippen LogP) is 2.76. The van der Waals surface area contributed by atoms with Crippen molar-refractivity contribution in [3.63, 3.8) is 0 Å². The molecule has 1 heterocycles. The van der Waals surface area contributed by atoms with Gasteiger partial charge in [-0.15, -0.1) is 10.2 Å². The Morgan fingerprint density at radius 3 is 2.29 bits per heavy atom. The van der Waals surface area contributed by atoms with Gasteiger partial charge in [-0.25, -0.2) is 0 Å². The Morgan fingerprint density at radius 2 is 1.76 bits per heavy atom. The Balaban J connectivity index is 1.79. The predicted molar refractivity (Wildman–Crippen MR) is 51.5 cm³/mol. The average molecular weight is 246 g/mol. The van der Waals surface area contributed by atoms with E-state index in [2.05, 4.69) is 15.0 Å². The van der Waals surface area contributed by atoms with E-state index in [1.54, 1.807) is 30.3 Å². The number of rotatable bonds is 5. The van der Waals surface area contributed by atoms with Crippen molar-refractivity contribution in [1.82, 2.24) is 0 Å². The van der Waals surface area contributed by atoms with Crippen LogP contribution < -0.4 is 4.74 Å². The highest BCUT2D eigenvalue weighted by atomic mass is 19.4. The van der Waals surface area contributed by atoms with Gasteiger partial charge in [0.1, 0.15) is 12.4 Å². The van der Waals surface area contributed by atoms with Gasteiger partial charge in [-0.1, -0.05) is 18.2 Å². The van der Waals surface area contributed by atoms with Crippen LogP contribution in [0.1, 0.15) is 0 Å². The van der Waals surface area contributed by atoms with Crippen LogP contribution in [0.25, 0.3) is 0 Å². The number of nitrogens with zero attached hydrogens (tertiary/aromatic N) is 2. The monoisotopic (exact) mass is 246 g/mol. The van der Waals surface area contributed by atoms with Gasteiger partial charge >= 0.3 is 12.0 Å². The van der Waals surface area contributed by atoms with Crippen LogP contribution in [-0.2, 0) is 4.74 Å². The van der Waals surface area contributed by atoms with E-state index in [1.165, 1.54) is 0 Å².